The molecule has 1 aromatic carbocycles. The molecular formula is C16H23N3O3S. The molecule has 7 heteroatoms. The fraction of sp³-hybridized carbons (Fsp3) is 0.562. The largest absolute Gasteiger partial charge is 0.391 e. The monoisotopic (exact) mass is 337 g/mol. The van der Waals surface area contributed by atoms with Crippen molar-refractivity contribution in [2.45, 2.75) is 30.8 Å². The fourth-order valence-electron chi connectivity index (χ4n) is 2.98. The molecule has 0 aromatic heterocycles. The van der Waals surface area contributed by atoms with Crippen molar-refractivity contribution in [1.29, 1.82) is 0 Å². The summed E-state index contributed by atoms with van der Waals surface area (Å²) >= 11 is 0. The van der Waals surface area contributed by atoms with E-state index in [1.807, 2.05) is 6.07 Å². The first kappa shape index (κ1) is 16.4. The van der Waals surface area contributed by atoms with E-state index >= 15 is 0 Å². The second-order valence-corrected chi connectivity index (χ2v) is 7.90. The van der Waals surface area contributed by atoms with Crippen LogP contribution in [0.15, 0.2) is 40.4 Å². The predicted octanol–water partition coefficient (Wildman–Crippen LogP) is 1.55. The summed E-state index contributed by atoms with van der Waals surface area (Å²) in [6, 6.07) is 8.64. The molecule has 0 N–H and O–H groups in total. The first-order chi connectivity index (χ1) is 11.1. The Morgan fingerprint density at radius 1 is 1.17 bits per heavy atom. The van der Waals surface area contributed by atoms with Crippen LogP contribution in [0.4, 0.5) is 0 Å². The van der Waals surface area contributed by atoms with Gasteiger partial charge in [-0.15, -0.1) is 0 Å². The van der Waals surface area contributed by atoms with Crippen molar-refractivity contribution in [2.24, 2.45) is 5.16 Å². The quantitative estimate of drug-likeness (QED) is 0.818. The van der Waals surface area contributed by atoms with E-state index in [-0.39, 0.29) is 6.10 Å². The molecule has 0 unspecified atom stereocenters. The molecule has 1 saturated heterocycles. The third-order valence-electron chi connectivity index (χ3n) is 4.38. The zero-order valence-electron chi connectivity index (χ0n) is 13.4. The molecule has 2 heterocycles. The average molecular weight is 337 g/mol. The van der Waals surface area contributed by atoms with Crippen molar-refractivity contribution < 1.29 is 13.3 Å². The first-order valence-corrected chi connectivity index (χ1v) is 9.52. The molecule has 23 heavy (non-hydrogen) atoms. The van der Waals surface area contributed by atoms with Crippen LogP contribution >= 0.6 is 0 Å². The van der Waals surface area contributed by atoms with Gasteiger partial charge in [0.25, 0.3) is 0 Å². The normalized spacial score (nSPS) is 23.5. The van der Waals surface area contributed by atoms with Crippen LogP contribution in [0.2, 0.25) is 0 Å². The summed E-state index contributed by atoms with van der Waals surface area (Å²) in [6.07, 6.45) is 1.93. The minimum atomic E-state index is -3.37. The SMILES string of the molecule is CCC1=NO[C@@H](CN2CCN(S(=O)(=O)c3ccccc3)CC2)C1. The van der Waals surface area contributed by atoms with Gasteiger partial charge < -0.3 is 4.84 Å². The minimum absolute atomic E-state index is 0.113. The molecule has 3 rings (SSSR count). The number of oxime groups is 1. The van der Waals surface area contributed by atoms with Crippen molar-refractivity contribution >= 4 is 15.7 Å². The second kappa shape index (κ2) is 6.98. The standard InChI is InChI=1S/C16H23N3O3S/c1-2-14-12-15(22-17-14)13-18-8-10-19(11-9-18)23(20,21)16-6-4-3-5-7-16/h3-7,15H,2,8-13H2,1H3/t15-/m1/s1. The maximum absolute atomic E-state index is 12.6. The van der Waals surface area contributed by atoms with Crippen LogP contribution in [0.3, 0.4) is 0 Å². The van der Waals surface area contributed by atoms with Gasteiger partial charge in [0.15, 0.2) is 0 Å². The smallest absolute Gasteiger partial charge is 0.243 e. The Morgan fingerprint density at radius 3 is 2.48 bits per heavy atom. The zero-order valence-corrected chi connectivity index (χ0v) is 14.2. The van der Waals surface area contributed by atoms with E-state index in [0.717, 1.165) is 38.2 Å². The van der Waals surface area contributed by atoms with Gasteiger partial charge in [-0.25, -0.2) is 8.42 Å². The van der Waals surface area contributed by atoms with E-state index < -0.39 is 10.0 Å². The molecule has 0 radical (unpaired) electrons. The summed E-state index contributed by atoms with van der Waals surface area (Å²) < 4.78 is 26.7. The Bertz CT molecular complexity index is 652. The lowest BCUT2D eigenvalue weighted by Crippen LogP contribution is -2.50. The number of sulfonamides is 1. The lowest BCUT2D eigenvalue weighted by molar-refractivity contribution is 0.0435. The van der Waals surface area contributed by atoms with Crippen LogP contribution in [0.5, 0.6) is 0 Å². The lowest BCUT2D eigenvalue weighted by atomic mass is 10.1. The van der Waals surface area contributed by atoms with E-state index in [1.165, 1.54) is 0 Å². The lowest BCUT2D eigenvalue weighted by Gasteiger charge is -2.34. The van der Waals surface area contributed by atoms with Crippen molar-refractivity contribution in [3.8, 4) is 0 Å². The number of rotatable bonds is 5. The van der Waals surface area contributed by atoms with Crippen LogP contribution < -0.4 is 0 Å². The summed E-state index contributed by atoms with van der Waals surface area (Å²) in [6.45, 7) is 5.39. The molecule has 1 atom stereocenters. The molecular weight excluding hydrogens is 314 g/mol. The maximum atomic E-state index is 12.6. The number of benzene rings is 1. The van der Waals surface area contributed by atoms with Gasteiger partial charge in [-0.05, 0) is 18.6 Å². The molecule has 2 aliphatic rings. The van der Waals surface area contributed by atoms with Gasteiger partial charge in [0.05, 0.1) is 10.6 Å². The van der Waals surface area contributed by atoms with E-state index in [1.54, 1.807) is 28.6 Å². The van der Waals surface area contributed by atoms with Crippen LogP contribution in [0.1, 0.15) is 19.8 Å². The molecule has 2 aliphatic heterocycles. The molecule has 0 spiro atoms. The molecule has 0 aliphatic carbocycles. The average Bonchev–Trinajstić information content (AvgIpc) is 3.04. The second-order valence-electron chi connectivity index (χ2n) is 5.96. The number of hydrogen-bond acceptors (Lipinski definition) is 5. The minimum Gasteiger partial charge on any atom is -0.391 e. The van der Waals surface area contributed by atoms with Crippen LogP contribution in [0, 0.1) is 0 Å². The van der Waals surface area contributed by atoms with Gasteiger partial charge in [-0.1, -0.05) is 30.3 Å². The summed E-state index contributed by atoms with van der Waals surface area (Å²) in [5, 5.41) is 4.08. The van der Waals surface area contributed by atoms with Gasteiger partial charge in [-0.2, -0.15) is 4.31 Å². The van der Waals surface area contributed by atoms with Gasteiger partial charge in [-0.3, -0.25) is 4.90 Å². The first-order valence-electron chi connectivity index (χ1n) is 8.08. The summed E-state index contributed by atoms with van der Waals surface area (Å²) in [4.78, 5) is 8.07. The maximum Gasteiger partial charge on any atom is 0.243 e. The fourth-order valence-corrected chi connectivity index (χ4v) is 4.42. The van der Waals surface area contributed by atoms with E-state index in [4.69, 9.17) is 4.84 Å². The highest BCUT2D eigenvalue weighted by atomic mass is 32.2. The topological polar surface area (TPSA) is 62.2 Å². The van der Waals surface area contributed by atoms with Gasteiger partial charge in [0.2, 0.25) is 10.0 Å². The molecule has 0 bridgehead atoms. The molecule has 126 valence electrons. The number of piperazine rings is 1. The molecule has 0 amide bonds. The zero-order chi connectivity index (χ0) is 16.3. The van der Waals surface area contributed by atoms with Crippen molar-refractivity contribution in [3.63, 3.8) is 0 Å². The van der Waals surface area contributed by atoms with E-state index in [0.29, 0.717) is 18.0 Å². The Kier molecular flexibility index (Phi) is 4.99. The third kappa shape index (κ3) is 3.73. The Morgan fingerprint density at radius 2 is 1.87 bits per heavy atom. The molecule has 0 saturated carbocycles. The highest BCUT2D eigenvalue weighted by Gasteiger charge is 2.30. The highest BCUT2D eigenvalue weighted by molar-refractivity contribution is 7.89. The van der Waals surface area contributed by atoms with Crippen molar-refractivity contribution in [2.75, 3.05) is 32.7 Å². The Hall–Kier alpha value is -1.44. The molecule has 1 aromatic rings. The van der Waals surface area contributed by atoms with Crippen molar-refractivity contribution in [1.82, 2.24) is 9.21 Å². The van der Waals surface area contributed by atoms with Crippen LogP contribution in [0.25, 0.3) is 0 Å². The number of hydrogen-bond donors (Lipinski definition) is 0. The predicted molar refractivity (Wildman–Crippen MR) is 88.9 cm³/mol. The Balaban J connectivity index is 1.53. The summed E-state index contributed by atoms with van der Waals surface area (Å²) in [7, 11) is -3.37. The van der Waals surface area contributed by atoms with E-state index in [2.05, 4.69) is 17.0 Å². The van der Waals surface area contributed by atoms with Crippen LogP contribution in [-0.2, 0) is 14.9 Å². The third-order valence-corrected chi connectivity index (χ3v) is 6.29. The molecule has 6 nitrogen and oxygen atoms in total. The van der Waals surface area contributed by atoms with Gasteiger partial charge >= 0.3 is 0 Å². The summed E-state index contributed by atoms with van der Waals surface area (Å²) in [5.74, 6) is 0. The van der Waals surface area contributed by atoms with Crippen LogP contribution in [-0.4, -0.2) is 62.2 Å². The number of nitrogens with zero attached hydrogens (tertiary/aromatic N) is 3. The van der Waals surface area contributed by atoms with Crippen molar-refractivity contribution in [3.05, 3.63) is 30.3 Å². The van der Waals surface area contributed by atoms with Gasteiger partial charge in [0, 0.05) is 39.1 Å². The summed E-state index contributed by atoms with van der Waals surface area (Å²) in [5.41, 5.74) is 1.11. The highest BCUT2D eigenvalue weighted by Crippen LogP contribution is 2.19. The molecule has 1 fully saturated rings. The van der Waals surface area contributed by atoms with E-state index in [9.17, 15) is 8.42 Å². The van der Waals surface area contributed by atoms with Gasteiger partial charge in [0.1, 0.15) is 6.10 Å². The Labute approximate surface area is 137 Å².